The summed E-state index contributed by atoms with van der Waals surface area (Å²) in [5.74, 6) is 0.192. The number of hydrogen-bond acceptors (Lipinski definition) is 1. The monoisotopic (exact) mass is 350 g/mol. The molecule has 0 N–H and O–H groups in total. The van der Waals surface area contributed by atoms with Gasteiger partial charge in [-0.15, -0.1) is 0 Å². The highest BCUT2D eigenvalue weighted by atomic mass is 127. The second-order valence-corrected chi connectivity index (χ2v) is 5.79. The third-order valence-electron chi connectivity index (χ3n) is 2.97. The van der Waals surface area contributed by atoms with Crippen molar-refractivity contribution in [2.75, 3.05) is 0 Å². The van der Waals surface area contributed by atoms with Crippen LogP contribution in [0.3, 0.4) is 0 Å². The molecule has 0 amide bonds. The molecular weight excluding hydrogens is 335 g/mol. The first-order valence-corrected chi connectivity index (χ1v) is 6.99. The first-order chi connectivity index (χ1) is 8.56. The molecule has 92 valence electrons. The maximum absolute atomic E-state index is 12.3. The van der Waals surface area contributed by atoms with Gasteiger partial charge in [0.1, 0.15) is 0 Å². The van der Waals surface area contributed by atoms with Crippen LogP contribution in [0.15, 0.2) is 42.5 Å². The Bertz CT molecular complexity index is 570. The van der Waals surface area contributed by atoms with E-state index in [0.717, 1.165) is 22.3 Å². The van der Waals surface area contributed by atoms with Gasteiger partial charge in [-0.1, -0.05) is 29.8 Å². The fourth-order valence-corrected chi connectivity index (χ4v) is 2.28. The number of aryl methyl sites for hydroxylation is 2. The van der Waals surface area contributed by atoms with E-state index in [1.807, 2.05) is 56.3 Å². The first kappa shape index (κ1) is 13.3. The maximum Gasteiger partial charge on any atom is 0.167 e. The fraction of sp³-hybridized carbons (Fsp3) is 0.188. The van der Waals surface area contributed by atoms with Gasteiger partial charge in [0, 0.05) is 15.6 Å². The van der Waals surface area contributed by atoms with E-state index in [-0.39, 0.29) is 5.78 Å². The van der Waals surface area contributed by atoms with Crippen LogP contribution in [0.4, 0.5) is 0 Å². The molecule has 18 heavy (non-hydrogen) atoms. The second-order valence-electron chi connectivity index (χ2n) is 4.54. The standard InChI is InChI=1S/C16H15IO/c1-11-3-4-12(2)15(9-11)16(18)10-13-5-7-14(17)8-6-13/h3-9H,10H2,1-2H3. The van der Waals surface area contributed by atoms with E-state index < -0.39 is 0 Å². The Labute approximate surface area is 121 Å². The molecule has 2 aromatic rings. The lowest BCUT2D eigenvalue weighted by atomic mass is 9.97. The second kappa shape index (κ2) is 5.65. The number of carbonyl (C=O) groups is 1. The summed E-state index contributed by atoms with van der Waals surface area (Å²) in [4.78, 5) is 12.3. The molecule has 0 unspecified atom stereocenters. The van der Waals surface area contributed by atoms with E-state index in [0.29, 0.717) is 6.42 Å². The molecule has 2 heteroatoms. The minimum Gasteiger partial charge on any atom is -0.294 e. The van der Waals surface area contributed by atoms with Crippen molar-refractivity contribution >= 4 is 28.4 Å². The number of benzene rings is 2. The van der Waals surface area contributed by atoms with Gasteiger partial charge in [0.2, 0.25) is 0 Å². The van der Waals surface area contributed by atoms with Gasteiger partial charge in [-0.05, 0) is 65.8 Å². The van der Waals surface area contributed by atoms with Crippen molar-refractivity contribution in [3.05, 3.63) is 68.3 Å². The maximum atomic E-state index is 12.3. The zero-order valence-corrected chi connectivity index (χ0v) is 12.7. The van der Waals surface area contributed by atoms with Gasteiger partial charge in [0.25, 0.3) is 0 Å². The summed E-state index contributed by atoms with van der Waals surface area (Å²) in [6.45, 7) is 4.00. The van der Waals surface area contributed by atoms with E-state index in [1.54, 1.807) is 0 Å². The molecular formula is C16H15IO. The Kier molecular flexibility index (Phi) is 4.17. The average Bonchev–Trinajstić information content (AvgIpc) is 2.35. The van der Waals surface area contributed by atoms with Crippen LogP contribution < -0.4 is 0 Å². The summed E-state index contributed by atoms with van der Waals surface area (Å²) in [5.41, 5.74) is 4.09. The molecule has 0 heterocycles. The van der Waals surface area contributed by atoms with Crippen LogP contribution in [0.5, 0.6) is 0 Å². The lowest BCUT2D eigenvalue weighted by molar-refractivity contribution is 0.0992. The molecule has 0 bridgehead atoms. The van der Waals surface area contributed by atoms with E-state index in [2.05, 4.69) is 22.6 Å². The van der Waals surface area contributed by atoms with Crippen molar-refractivity contribution in [2.45, 2.75) is 20.3 Å². The predicted octanol–water partition coefficient (Wildman–Crippen LogP) is 4.33. The number of Topliss-reactive ketones (excluding diaryl/α,β-unsaturated/α-hetero) is 1. The van der Waals surface area contributed by atoms with Gasteiger partial charge in [-0.2, -0.15) is 0 Å². The zero-order valence-electron chi connectivity index (χ0n) is 10.5. The SMILES string of the molecule is Cc1ccc(C)c(C(=O)Cc2ccc(I)cc2)c1. The molecule has 0 aromatic heterocycles. The van der Waals surface area contributed by atoms with Crippen molar-refractivity contribution in [1.29, 1.82) is 0 Å². The lowest BCUT2D eigenvalue weighted by Gasteiger charge is -2.06. The molecule has 0 saturated heterocycles. The molecule has 0 aliphatic heterocycles. The van der Waals surface area contributed by atoms with Crippen molar-refractivity contribution in [3.63, 3.8) is 0 Å². The normalized spacial score (nSPS) is 10.4. The van der Waals surface area contributed by atoms with Crippen molar-refractivity contribution in [2.24, 2.45) is 0 Å². The number of rotatable bonds is 3. The summed E-state index contributed by atoms with van der Waals surface area (Å²) in [6.07, 6.45) is 0.473. The average molecular weight is 350 g/mol. The Morgan fingerprint density at radius 3 is 2.39 bits per heavy atom. The van der Waals surface area contributed by atoms with Crippen LogP contribution >= 0.6 is 22.6 Å². The summed E-state index contributed by atoms with van der Waals surface area (Å²) in [5, 5.41) is 0. The molecule has 0 aliphatic rings. The Morgan fingerprint density at radius 2 is 1.72 bits per heavy atom. The van der Waals surface area contributed by atoms with E-state index >= 15 is 0 Å². The summed E-state index contributed by atoms with van der Waals surface area (Å²) >= 11 is 2.27. The van der Waals surface area contributed by atoms with Gasteiger partial charge in [0.15, 0.2) is 5.78 Å². The third-order valence-corrected chi connectivity index (χ3v) is 3.69. The fourth-order valence-electron chi connectivity index (χ4n) is 1.92. The molecule has 1 nitrogen and oxygen atoms in total. The molecule has 2 aromatic carbocycles. The van der Waals surface area contributed by atoms with Crippen LogP contribution in [0, 0.1) is 17.4 Å². The van der Waals surface area contributed by atoms with Crippen LogP contribution in [-0.2, 0) is 6.42 Å². The number of hydrogen-bond donors (Lipinski definition) is 0. The van der Waals surface area contributed by atoms with Crippen molar-refractivity contribution < 1.29 is 4.79 Å². The summed E-state index contributed by atoms with van der Waals surface area (Å²) in [7, 11) is 0. The van der Waals surface area contributed by atoms with Crippen LogP contribution in [-0.4, -0.2) is 5.78 Å². The minimum atomic E-state index is 0.192. The van der Waals surface area contributed by atoms with Crippen LogP contribution in [0.25, 0.3) is 0 Å². The molecule has 0 radical (unpaired) electrons. The molecule has 0 aliphatic carbocycles. The quantitative estimate of drug-likeness (QED) is 0.595. The Hall–Kier alpha value is -1.16. The predicted molar refractivity (Wildman–Crippen MR) is 83.1 cm³/mol. The van der Waals surface area contributed by atoms with E-state index in [4.69, 9.17) is 0 Å². The molecule has 0 fully saturated rings. The smallest absolute Gasteiger partial charge is 0.167 e. The van der Waals surface area contributed by atoms with Crippen LogP contribution in [0.1, 0.15) is 27.0 Å². The molecule has 0 saturated carbocycles. The molecule has 2 rings (SSSR count). The van der Waals surface area contributed by atoms with Gasteiger partial charge in [-0.25, -0.2) is 0 Å². The lowest BCUT2D eigenvalue weighted by Crippen LogP contribution is -2.06. The third kappa shape index (κ3) is 3.19. The number of halogens is 1. The van der Waals surface area contributed by atoms with Crippen LogP contribution in [0.2, 0.25) is 0 Å². The van der Waals surface area contributed by atoms with Gasteiger partial charge < -0.3 is 0 Å². The van der Waals surface area contributed by atoms with Gasteiger partial charge >= 0.3 is 0 Å². The summed E-state index contributed by atoms with van der Waals surface area (Å²) < 4.78 is 1.19. The highest BCUT2D eigenvalue weighted by Crippen LogP contribution is 2.15. The van der Waals surface area contributed by atoms with Gasteiger partial charge in [-0.3, -0.25) is 4.79 Å². The first-order valence-electron chi connectivity index (χ1n) is 5.91. The van der Waals surface area contributed by atoms with Gasteiger partial charge in [0.05, 0.1) is 0 Å². The minimum absolute atomic E-state index is 0.192. The zero-order chi connectivity index (χ0) is 13.1. The number of ketones is 1. The largest absolute Gasteiger partial charge is 0.294 e. The van der Waals surface area contributed by atoms with E-state index in [9.17, 15) is 4.79 Å². The number of carbonyl (C=O) groups excluding carboxylic acids is 1. The van der Waals surface area contributed by atoms with E-state index in [1.165, 1.54) is 3.57 Å². The van der Waals surface area contributed by atoms with Crippen molar-refractivity contribution in [3.8, 4) is 0 Å². The summed E-state index contributed by atoms with van der Waals surface area (Å²) in [6, 6.07) is 14.1. The molecule has 0 spiro atoms. The highest BCUT2D eigenvalue weighted by Gasteiger charge is 2.10. The molecule has 0 atom stereocenters. The Balaban J connectivity index is 2.21. The van der Waals surface area contributed by atoms with Crippen molar-refractivity contribution in [1.82, 2.24) is 0 Å². The highest BCUT2D eigenvalue weighted by molar-refractivity contribution is 14.1. The topological polar surface area (TPSA) is 17.1 Å². The Morgan fingerprint density at radius 1 is 1.06 bits per heavy atom.